The van der Waals surface area contributed by atoms with Gasteiger partial charge in [0.15, 0.2) is 0 Å². The van der Waals surface area contributed by atoms with E-state index >= 15 is 0 Å². The van der Waals surface area contributed by atoms with Crippen LogP contribution in [0.1, 0.15) is 89.9 Å². The van der Waals surface area contributed by atoms with E-state index in [4.69, 9.17) is 9.47 Å². The van der Waals surface area contributed by atoms with Crippen molar-refractivity contribution in [1.82, 2.24) is 19.6 Å². The SMILES string of the molecule is CC(C)N(CCCN(C)C(=O)OC(C)(C)C)C(=O)c1ccc(NCCCCCC(=O)N(C)CCN2CCC(OC(=O)Nc3ccccc3-c3ccccc3)CC2)cc1. The summed E-state index contributed by atoms with van der Waals surface area (Å²) in [5, 5.41) is 6.37. The summed E-state index contributed by atoms with van der Waals surface area (Å²) in [6.45, 7) is 14.4. The number of rotatable bonds is 19. The molecule has 4 amide bonds. The number of piperidine rings is 1. The lowest BCUT2D eigenvalue weighted by Gasteiger charge is -2.32. The van der Waals surface area contributed by atoms with Crippen LogP contribution in [0.2, 0.25) is 0 Å². The minimum Gasteiger partial charge on any atom is -0.446 e. The van der Waals surface area contributed by atoms with Gasteiger partial charge in [-0.3, -0.25) is 14.9 Å². The van der Waals surface area contributed by atoms with Gasteiger partial charge < -0.3 is 34.4 Å². The number of nitrogens with zero attached hydrogens (tertiary/aromatic N) is 4. The number of carbonyl (C=O) groups is 4. The molecule has 3 aromatic rings. The van der Waals surface area contributed by atoms with Crippen molar-refractivity contribution in [1.29, 1.82) is 0 Å². The number of likely N-dealkylation sites (tertiary alicyclic amines) is 1. The Labute approximate surface area is 346 Å². The lowest BCUT2D eigenvalue weighted by Crippen LogP contribution is -2.42. The number of nitrogens with one attached hydrogen (secondary N) is 2. The maximum Gasteiger partial charge on any atom is 0.411 e. The monoisotopic (exact) mass is 799 g/mol. The number of carbonyl (C=O) groups excluding carboxylic acids is 4. The van der Waals surface area contributed by atoms with Crippen LogP contribution >= 0.6 is 0 Å². The maximum absolute atomic E-state index is 13.3. The fraction of sp³-hybridized carbons (Fsp3) is 0.522. The average Bonchev–Trinajstić information content (AvgIpc) is 3.20. The third kappa shape index (κ3) is 15.3. The number of likely N-dealkylation sites (N-methyl/N-ethyl adjacent to an activating group) is 1. The van der Waals surface area contributed by atoms with E-state index in [1.807, 2.05) is 130 Å². The van der Waals surface area contributed by atoms with Crippen molar-refractivity contribution in [3.8, 4) is 11.1 Å². The van der Waals surface area contributed by atoms with Gasteiger partial charge in [0.1, 0.15) is 11.7 Å². The molecule has 0 radical (unpaired) electrons. The van der Waals surface area contributed by atoms with Crippen LogP contribution in [-0.2, 0) is 14.3 Å². The number of anilines is 2. The summed E-state index contributed by atoms with van der Waals surface area (Å²) in [6.07, 6.45) is 4.46. The molecule has 12 nitrogen and oxygen atoms in total. The second-order valence-corrected chi connectivity index (χ2v) is 16.5. The zero-order chi connectivity index (χ0) is 42.1. The van der Waals surface area contributed by atoms with Crippen LogP contribution in [0.5, 0.6) is 0 Å². The molecule has 2 N–H and O–H groups in total. The van der Waals surface area contributed by atoms with Crippen LogP contribution in [0, 0.1) is 0 Å². The summed E-state index contributed by atoms with van der Waals surface area (Å²) in [6, 6.07) is 25.3. The molecule has 4 rings (SSSR count). The Bertz CT molecular complexity index is 1740. The Hall–Kier alpha value is -5.10. The third-order valence-corrected chi connectivity index (χ3v) is 10.2. The van der Waals surface area contributed by atoms with Gasteiger partial charge in [0.05, 0.1) is 5.69 Å². The summed E-state index contributed by atoms with van der Waals surface area (Å²) in [5.41, 5.74) is 3.73. The van der Waals surface area contributed by atoms with E-state index in [0.717, 1.165) is 80.8 Å². The lowest BCUT2D eigenvalue weighted by atomic mass is 10.0. The Balaban J connectivity index is 1.06. The van der Waals surface area contributed by atoms with E-state index in [-0.39, 0.29) is 30.1 Å². The standard InChI is InChI=1S/C46H66N6O6/c1-35(2)52(30-16-29-50(7)45(56)58-46(3,4)5)43(54)37-22-24-38(25-23-37)47-28-15-9-12-21-42(53)49(6)33-34-51-31-26-39(27-32-51)57-44(55)48-41-20-14-13-19-40(41)36-17-10-8-11-18-36/h8,10-11,13-14,17-20,22-25,35,39,47H,9,12,15-16,21,26-34H2,1-7H3,(H,48,55). The molecule has 0 unspecified atom stereocenters. The van der Waals surface area contributed by atoms with Crippen LogP contribution < -0.4 is 10.6 Å². The molecule has 0 aromatic heterocycles. The number of hydrogen-bond acceptors (Lipinski definition) is 8. The molecule has 316 valence electrons. The van der Waals surface area contributed by atoms with Crippen molar-refractivity contribution in [2.45, 2.75) is 97.3 Å². The van der Waals surface area contributed by atoms with Gasteiger partial charge >= 0.3 is 12.2 Å². The van der Waals surface area contributed by atoms with E-state index < -0.39 is 11.7 Å². The molecule has 1 heterocycles. The fourth-order valence-corrected chi connectivity index (χ4v) is 6.82. The first kappa shape index (κ1) is 45.6. The zero-order valence-electron chi connectivity index (χ0n) is 35.8. The van der Waals surface area contributed by atoms with Gasteiger partial charge in [0.2, 0.25) is 5.91 Å². The average molecular weight is 799 g/mol. The number of unbranched alkanes of at least 4 members (excludes halogenated alkanes) is 2. The van der Waals surface area contributed by atoms with Crippen LogP contribution in [-0.4, -0.2) is 121 Å². The number of amides is 4. The smallest absolute Gasteiger partial charge is 0.411 e. The van der Waals surface area contributed by atoms with Gasteiger partial charge in [-0.2, -0.15) is 0 Å². The first-order valence-electron chi connectivity index (χ1n) is 20.9. The highest BCUT2D eigenvalue weighted by Gasteiger charge is 2.24. The van der Waals surface area contributed by atoms with Crippen molar-refractivity contribution in [3.05, 3.63) is 84.4 Å². The second-order valence-electron chi connectivity index (χ2n) is 16.5. The molecule has 1 aliphatic heterocycles. The summed E-state index contributed by atoms with van der Waals surface area (Å²) < 4.78 is 11.2. The van der Waals surface area contributed by atoms with Crippen LogP contribution in [0.25, 0.3) is 11.1 Å². The Morgan fingerprint density at radius 2 is 1.47 bits per heavy atom. The Morgan fingerprint density at radius 1 is 0.793 bits per heavy atom. The number of benzene rings is 3. The fourth-order valence-electron chi connectivity index (χ4n) is 6.82. The minimum atomic E-state index is -0.550. The van der Waals surface area contributed by atoms with E-state index in [0.29, 0.717) is 38.0 Å². The van der Waals surface area contributed by atoms with E-state index in [1.54, 1.807) is 11.9 Å². The van der Waals surface area contributed by atoms with Crippen molar-refractivity contribution in [2.75, 3.05) is 70.5 Å². The molecule has 0 bridgehead atoms. The summed E-state index contributed by atoms with van der Waals surface area (Å²) in [5.74, 6) is 0.124. The Morgan fingerprint density at radius 3 is 2.14 bits per heavy atom. The van der Waals surface area contributed by atoms with Gasteiger partial charge in [0.25, 0.3) is 5.91 Å². The third-order valence-electron chi connectivity index (χ3n) is 10.2. The molecular formula is C46H66N6O6. The number of para-hydroxylation sites is 1. The van der Waals surface area contributed by atoms with Gasteiger partial charge in [-0.15, -0.1) is 0 Å². The largest absolute Gasteiger partial charge is 0.446 e. The molecule has 58 heavy (non-hydrogen) atoms. The molecule has 0 saturated carbocycles. The van der Waals surface area contributed by atoms with Crippen molar-refractivity contribution in [2.24, 2.45) is 0 Å². The predicted molar refractivity (Wildman–Crippen MR) is 232 cm³/mol. The molecule has 1 aliphatic rings. The highest BCUT2D eigenvalue weighted by molar-refractivity contribution is 5.95. The number of ether oxygens (including phenoxy) is 2. The molecular weight excluding hydrogens is 733 g/mol. The summed E-state index contributed by atoms with van der Waals surface area (Å²) >= 11 is 0. The lowest BCUT2D eigenvalue weighted by molar-refractivity contribution is -0.130. The first-order chi connectivity index (χ1) is 27.7. The summed E-state index contributed by atoms with van der Waals surface area (Å²) in [7, 11) is 3.58. The minimum absolute atomic E-state index is 0.0191. The highest BCUT2D eigenvalue weighted by Crippen LogP contribution is 2.28. The van der Waals surface area contributed by atoms with Crippen LogP contribution in [0.15, 0.2) is 78.9 Å². The molecule has 1 fully saturated rings. The van der Waals surface area contributed by atoms with Crippen LogP contribution in [0.3, 0.4) is 0 Å². The molecule has 12 heteroatoms. The molecule has 3 aromatic carbocycles. The van der Waals surface area contributed by atoms with Crippen molar-refractivity contribution >= 4 is 35.4 Å². The topological polar surface area (TPSA) is 124 Å². The quantitative estimate of drug-likeness (QED) is 0.116. The van der Waals surface area contributed by atoms with Gasteiger partial charge in [-0.25, -0.2) is 9.59 Å². The second kappa shape index (κ2) is 22.7. The molecule has 1 saturated heterocycles. The Kier molecular flexibility index (Phi) is 17.9. The van der Waals surface area contributed by atoms with E-state index in [2.05, 4.69) is 15.5 Å². The molecule has 0 atom stereocenters. The normalized spacial score (nSPS) is 13.4. The maximum atomic E-state index is 13.3. The highest BCUT2D eigenvalue weighted by atomic mass is 16.6. The number of hydrogen-bond donors (Lipinski definition) is 2. The van der Waals surface area contributed by atoms with Crippen molar-refractivity contribution < 1.29 is 28.7 Å². The molecule has 0 spiro atoms. The van der Waals surface area contributed by atoms with Gasteiger partial charge in [-0.05, 0) is 103 Å². The first-order valence-corrected chi connectivity index (χ1v) is 20.9. The van der Waals surface area contributed by atoms with E-state index in [1.165, 1.54) is 0 Å². The van der Waals surface area contributed by atoms with Gasteiger partial charge in [0, 0.05) is 89.2 Å². The molecule has 0 aliphatic carbocycles. The van der Waals surface area contributed by atoms with Crippen LogP contribution in [0.4, 0.5) is 21.0 Å². The summed E-state index contributed by atoms with van der Waals surface area (Å²) in [4.78, 5) is 58.7. The zero-order valence-corrected chi connectivity index (χ0v) is 35.8. The van der Waals surface area contributed by atoms with Gasteiger partial charge in [-0.1, -0.05) is 55.0 Å². The van der Waals surface area contributed by atoms with Crippen molar-refractivity contribution in [3.63, 3.8) is 0 Å². The predicted octanol–water partition coefficient (Wildman–Crippen LogP) is 8.61. The van der Waals surface area contributed by atoms with E-state index in [9.17, 15) is 19.2 Å².